The van der Waals surface area contributed by atoms with Crippen LogP contribution in [0.4, 0.5) is 0 Å². The second-order valence-corrected chi connectivity index (χ2v) is 16.1. The van der Waals surface area contributed by atoms with Crippen LogP contribution in [0.25, 0.3) is 0 Å². The van der Waals surface area contributed by atoms with E-state index in [2.05, 4.69) is 100.0 Å². The first-order chi connectivity index (χ1) is 19.1. The molecule has 238 valence electrons. The van der Waals surface area contributed by atoms with Crippen molar-refractivity contribution in [3.8, 4) is 0 Å². The number of carbonyl (C=O) groups excluding carboxylic acids is 1. The van der Waals surface area contributed by atoms with Gasteiger partial charge >= 0.3 is 0 Å². The summed E-state index contributed by atoms with van der Waals surface area (Å²) in [7, 11) is 0. The molecular formula is C35H60N4O3. The Hall–Kier alpha value is -2.31. The normalized spacial score (nSPS) is 35.7. The number of hydrogen-bond donors (Lipinski definition) is 3. The zero-order chi connectivity index (χ0) is 32.6. The van der Waals surface area contributed by atoms with E-state index in [4.69, 9.17) is 20.3 Å². The van der Waals surface area contributed by atoms with E-state index in [9.17, 15) is 4.79 Å². The summed E-state index contributed by atoms with van der Waals surface area (Å²) in [5.74, 6) is 4.48. The summed E-state index contributed by atoms with van der Waals surface area (Å²) in [6.07, 6.45) is 7.88. The molecule has 4 aliphatic carbocycles. The molecular weight excluding hydrogens is 524 g/mol. The summed E-state index contributed by atoms with van der Waals surface area (Å²) in [6.45, 7) is 29.6. The molecule has 0 aromatic carbocycles. The van der Waals surface area contributed by atoms with E-state index in [0.29, 0.717) is 63.5 Å². The van der Waals surface area contributed by atoms with Gasteiger partial charge in [-0.25, -0.2) is 9.97 Å². The molecule has 8 atom stereocenters. The molecule has 4 N–H and O–H groups in total. The quantitative estimate of drug-likeness (QED) is 0.209. The fourth-order valence-electron chi connectivity index (χ4n) is 9.54. The summed E-state index contributed by atoms with van der Waals surface area (Å²) in [5, 5.41) is 13.3. The third-order valence-electron chi connectivity index (χ3n) is 12.5. The Labute approximate surface area is 255 Å². The number of carbonyl (C=O) groups is 2. The van der Waals surface area contributed by atoms with Gasteiger partial charge in [-0.1, -0.05) is 83.1 Å². The van der Waals surface area contributed by atoms with Crippen molar-refractivity contribution in [3.05, 3.63) is 23.8 Å². The number of carboxylic acids is 1. The molecule has 0 amide bonds. The van der Waals surface area contributed by atoms with Crippen LogP contribution >= 0.6 is 0 Å². The van der Waals surface area contributed by atoms with Crippen molar-refractivity contribution in [2.24, 2.45) is 62.9 Å². The Balaban J connectivity index is 0.000000243. The van der Waals surface area contributed by atoms with Crippen molar-refractivity contribution in [2.45, 2.75) is 121 Å². The molecule has 5 rings (SSSR count). The van der Waals surface area contributed by atoms with Gasteiger partial charge in [-0.15, -0.1) is 0 Å². The lowest BCUT2D eigenvalue weighted by molar-refractivity contribution is -0.134. The first kappa shape index (κ1) is 35.9. The molecule has 4 aliphatic rings. The van der Waals surface area contributed by atoms with Crippen LogP contribution in [0.2, 0.25) is 0 Å². The Kier molecular flexibility index (Phi) is 10.9. The molecule has 1 aromatic heterocycles. The van der Waals surface area contributed by atoms with Gasteiger partial charge in [-0.3, -0.25) is 15.0 Å². The van der Waals surface area contributed by atoms with Gasteiger partial charge in [-0.2, -0.15) is 0 Å². The molecule has 3 saturated carbocycles. The fraction of sp³-hybridized carbons (Fsp3) is 0.800. The zero-order valence-corrected chi connectivity index (χ0v) is 28.7. The third kappa shape index (κ3) is 6.45. The van der Waals surface area contributed by atoms with Crippen LogP contribution < -0.4 is 5.73 Å². The molecule has 0 aliphatic heterocycles. The van der Waals surface area contributed by atoms with E-state index in [1.807, 2.05) is 0 Å². The van der Waals surface area contributed by atoms with E-state index in [0.717, 1.165) is 25.6 Å². The molecule has 8 unspecified atom stereocenters. The maximum absolute atomic E-state index is 12.3. The Morgan fingerprint density at radius 1 is 0.905 bits per heavy atom. The van der Waals surface area contributed by atoms with Crippen LogP contribution in [0.1, 0.15) is 132 Å². The van der Waals surface area contributed by atoms with Crippen LogP contribution in [0.5, 0.6) is 0 Å². The number of ketones is 1. The van der Waals surface area contributed by atoms with Gasteiger partial charge < -0.3 is 10.8 Å². The van der Waals surface area contributed by atoms with Crippen molar-refractivity contribution in [1.29, 1.82) is 5.41 Å². The molecule has 42 heavy (non-hydrogen) atoms. The van der Waals surface area contributed by atoms with E-state index >= 15 is 0 Å². The maximum Gasteiger partial charge on any atom is 0.300 e. The minimum atomic E-state index is -0.833. The van der Waals surface area contributed by atoms with Crippen LogP contribution in [-0.2, 0) is 9.59 Å². The van der Waals surface area contributed by atoms with Gasteiger partial charge in [0.15, 0.2) is 0 Å². The highest BCUT2D eigenvalue weighted by Gasteiger charge is 2.61. The van der Waals surface area contributed by atoms with E-state index in [1.165, 1.54) is 24.1 Å². The molecule has 7 heteroatoms. The van der Waals surface area contributed by atoms with Gasteiger partial charge in [0, 0.05) is 31.4 Å². The number of rotatable bonds is 0. The monoisotopic (exact) mass is 584 g/mol. The van der Waals surface area contributed by atoms with Crippen molar-refractivity contribution < 1.29 is 14.7 Å². The SMILES string of the molecule is CC(=O)O.CC1CC(=O)C2C(C1)C(C)(C)C(C)C2(C)C.CC1CC2C(c3ncncc31)C(C)(C)C(C)C2(C)C.N=CN. The number of nitrogens with zero attached hydrogens (tertiary/aromatic N) is 2. The van der Waals surface area contributed by atoms with Gasteiger partial charge in [0.1, 0.15) is 12.1 Å². The van der Waals surface area contributed by atoms with Gasteiger partial charge in [0.05, 0.1) is 12.0 Å². The molecule has 1 heterocycles. The van der Waals surface area contributed by atoms with Crippen LogP contribution in [0.15, 0.2) is 12.5 Å². The number of carboxylic acid groups (broad SMARTS) is 1. The molecule has 1 aromatic rings. The fourth-order valence-corrected chi connectivity index (χ4v) is 9.54. The predicted molar refractivity (Wildman–Crippen MR) is 171 cm³/mol. The van der Waals surface area contributed by atoms with Gasteiger partial charge in [-0.05, 0) is 75.6 Å². The smallest absolute Gasteiger partial charge is 0.300 e. The maximum atomic E-state index is 12.3. The van der Waals surface area contributed by atoms with Crippen LogP contribution in [-0.4, -0.2) is 33.2 Å². The molecule has 0 saturated heterocycles. The second-order valence-electron chi connectivity index (χ2n) is 16.1. The second kappa shape index (κ2) is 12.7. The highest BCUT2D eigenvalue weighted by Crippen LogP contribution is 2.68. The van der Waals surface area contributed by atoms with Crippen molar-refractivity contribution in [1.82, 2.24) is 9.97 Å². The number of fused-ring (bicyclic) bond motifs is 4. The topological polar surface area (TPSA) is 130 Å². The van der Waals surface area contributed by atoms with E-state index in [-0.39, 0.29) is 5.41 Å². The third-order valence-corrected chi connectivity index (χ3v) is 12.5. The Morgan fingerprint density at radius 3 is 1.81 bits per heavy atom. The van der Waals surface area contributed by atoms with Crippen LogP contribution in [0.3, 0.4) is 0 Å². The minimum Gasteiger partial charge on any atom is -0.481 e. The van der Waals surface area contributed by atoms with Crippen LogP contribution in [0, 0.1) is 62.6 Å². The van der Waals surface area contributed by atoms with Gasteiger partial charge in [0.25, 0.3) is 5.97 Å². The zero-order valence-electron chi connectivity index (χ0n) is 28.7. The summed E-state index contributed by atoms with van der Waals surface area (Å²) >= 11 is 0. The largest absolute Gasteiger partial charge is 0.481 e. The number of nitrogens with one attached hydrogen (secondary N) is 1. The van der Waals surface area contributed by atoms with Crippen molar-refractivity contribution >= 4 is 18.1 Å². The molecule has 0 bridgehead atoms. The van der Waals surface area contributed by atoms with Crippen molar-refractivity contribution in [2.75, 3.05) is 0 Å². The number of aromatic nitrogens is 2. The molecule has 3 fully saturated rings. The summed E-state index contributed by atoms with van der Waals surface area (Å²) in [4.78, 5) is 30.3. The number of aliphatic carboxylic acids is 1. The summed E-state index contributed by atoms with van der Waals surface area (Å²) in [6, 6.07) is 0. The Bertz CT molecular complexity index is 1120. The number of hydrogen-bond acceptors (Lipinski definition) is 5. The summed E-state index contributed by atoms with van der Waals surface area (Å²) < 4.78 is 0. The average molecular weight is 585 g/mol. The lowest BCUT2D eigenvalue weighted by Gasteiger charge is -2.39. The number of Topliss-reactive ketones (excluding diaryl/α,β-unsaturated/α-hetero) is 1. The first-order valence-electron chi connectivity index (χ1n) is 15.8. The predicted octanol–water partition coefficient (Wildman–Crippen LogP) is 7.95. The molecule has 7 nitrogen and oxygen atoms in total. The number of nitrogens with two attached hydrogens (primary N) is 1. The summed E-state index contributed by atoms with van der Waals surface area (Å²) in [5.41, 5.74) is 8.33. The lowest BCUT2D eigenvalue weighted by Crippen LogP contribution is -2.38. The lowest BCUT2D eigenvalue weighted by atomic mass is 9.65. The van der Waals surface area contributed by atoms with E-state index in [1.54, 1.807) is 6.33 Å². The molecule has 0 spiro atoms. The first-order valence-corrected chi connectivity index (χ1v) is 15.8. The van der Waals surface area contributed by atoms with Crippen molar-refractivity contribution in [3.63, 3.8) is 0 Å². The average Bonchev–Trinajstić information content (AvgIpc) is 3.09. The minimum absolute atomic E-state index is 0.186. The Morgan fingerprint density at radius 2 is 1.33 bits per heavy atom. The highest BCUT2D eigenvalue weighted by molar-refractivity contribution is 5.83. The van der Waals surface area contributed by atoms with Gasteiger partial charge in [0.2, 0.25) is 0 Å². The van der Waals surface area contributed by atoms with E-state index < -0.39 is 5.97 Å². The highest BCUT2D eigenvalue weighted by atomic mass is 16.4. The standard InChI is InChI=1S/C17H26N2.C15H26O.C2H4O2.CH4N2/c1-10-7-13-14(15-12(10)8-18-9-19-15)17(5,6)11(2)16(13,3)4;1-9-7-11-13(12(16)8-9)15(5,6)10(2)14(11,3)4;1-2(3)4;2-1-3/h8-11,13-14H,7H2,1-6H3;9-11,13H,7-8H2,1-6H3;1H3,(H,3,4);1H,(H3,2,3). The molecule has 0 radical (unpaired) electrons.